The van der Waals surface area contributed by atoms with E-state index in [0.717, 1.165) is 6.26 Å². The summed E-state index contributed by atoms with van der Waals surface area (Å²) in [5.74, 6) is -1.72. The van der Waals surface area contributed by atoms with Crippen molar-refractivity contribution >= 4 is 22.9 Å². The summed E-state index contributed by atoms with van der Waals surface area (Å²) in [5.41, 5.74) is -0.956. The van der Waals surface area contributed by atoms with Gasteiger partial charge in [-0.1, -0.05) is 18.2 Å². The average Bonchev–Trinajstić information content (AvgIpc) is 2.73. The van der Waals surface area contributed by atoms with E-state index < -0.39 is 35.4 Å². The molecule has 1 heterocycles. The van der Waals surface area contributed by atoms with Gasteiger partial charge in [0.15, 0.2) is 0 Å². The Hall–Kier alpha value is -3.85. The van der Waals surface area contributed by atoms with Gasteiger partial charge in [0.05, 0.1) is 17.4 Å². The molecule has 9 nitrogen and oxygen atoms in total. The molecule has 0 bridgehead atoms. The zero-order valence-corrected chi connectivity index (χ0v) is 18.5. The number of para-hydroxylation sites is 1. The molecular formula is C24H25NO8. The zero-order valence-electron chi connectivity index (χ0n) is 18.5. The van der Waals surface area contributed by atoms with Gasteiger partial charge < -0.3 is 24.1 Å². The van der Waals surface area contributed by atoms with Crippen LogP contribution in [0.5, 0.6) is 17.2 Å². The minimum absolute atomic E-state index is 0.0355. The first-order valence-electron chi connectivity index (χ1n) is 10.2. The van der Waals surface area contributed by atoms with Gasteiger partial charge in [0, 0.05) is 6.54 Å². The molecule has 0 aliphatic carbocycles. The molecule has 0 spiro atoms. The fourth-order valence-corrected chi connectivity index (χ4v) is 3.11. The van der Waals surface area contributed by atoms with Crippen molar-refractivity contribution in [1.82, 2.24) is 5.32 Å². The van der Waals surface area contributed by atoms with Crippen LogP contribution in [0.3, 0.4) is 0 Å². The Morgan fingerprint density at radius 1 is 1.12 bits per heavy atom. The summed E-state index contributed by atoms with van der Waals surface area (Å²) in [5, 5.41) is 22.7. The van der Waals surface area contributed by atoms with Crippen LogP contribution in [0.15, 0.2) is 57.9 Å². The SMILES string of the molecule is CC(C)(C)OC(=O)CC(NCc1c(O)ccc2c(=O)c(Oc3ccccc3)coc12)C(=O)O. The monoisotopic (exact) mass is 455 g/mol. The van der Waals surface area contributed by atoms with E-state index in [1.165, 1.54) is 12.1 Å². The van der Waals surface area contributed by atoms with Gasteiger partial charge in [0.1, 0.15) is 35.0 Å². The second-order valence-electron chi connectivity index (χ2n) is 8.35. The number of esters is 1. The van der Waals surface area contributed by atoms with Crippen LogP contribution in [0.4, 0.5) is 0 Å². The van der Waals surface area contributed by atoms with Crippen LogP contribution in [0.2, 0.25) is 0 Å². The third-order valence-electron chi connectivity index (χ3n) is 4.57. The second kappa shape index (κ2) is 9.74. The molecule has 0 aliphatic heterocycles. The lowest BCUT2D eigenvalue weighted by atomic mass is 10.1. The molecule has 3 rings (SSSR count). The number of aromatic hydroxyl groups is 1. The summed E-state index contributed by atoms with van der Waals surface area (Å²) in [7, 11) is 0. The smallest absolute Gasteiger partial charge is 0.321 e. The lowest BCUT2D eigenvalue weighted by Crippen LogP contribution is -2.39. The van der Waals surface area contributed by atoms with Crippen molar-refractivity contribution in [3.8, 4) is 17.2 Å². The molecule has 174 valence electrons. The minimum atomic E-state index is -1.28. The Morgan fingerprint density at radius 3 is 2.45 bits per heavy atom. The molecule has 1 atom stereocenters. The first-order chi connectivity index (χ1) is 15.5. The van der Waals surface area contributed by atoms with Crippen molar-refractivity contribution in [2.75, 3.05) is 0 Å². The topological polar surface area (TPSA) is 135 Å². The maximum absolute atomic E-state index is 12.9. The Labute approximate surface area is 189 Å². The summed E-state index contributed by atoms with van der Waals surface area (Å²) in [4.78, 5) is 36.5. The molecule has 1 unspecified atom stereocenters. The van der Waals surface area contributed by atoms with Crippen molar-refractivity contribution in [1.29, 1.82) is 0 Å². The molecule has 0 saturated carbocycles. The van der Waals surface area contributed by atoms with Gasteiger partial charge in [0.25, 0.3) is 0 Å². The molecule has 3 N–H and O–H groups in total. The van der Waals surface area contributed by atoms with Gasteiger partial charge in [-0.25, -0.2) is 0 Å². The van der Waals surface area contributed by atoms with E-state index in [1.54, 1.807) is 45.0 Å². The average molecular weight is 455 g/mol. The number of ether oxygens (including phenoxy) is 2. The molecule has 1 aromatic heterocycles. The number of carbonyl (C=O) groups is 2. The number of phenolic OH excluding ortho intramolecular Hbond substituents is 1. The van der Waals surface area contributed by atoms with Gasteiger partial charge in [-0.15, -0.1) is 0 Å². The summed E-state index contributed by atoms with van der Waals surface area (Å²) in [6.45, 7) is 4.87. The van der Waals surface area contributed by atoms with E-state index in [9.17, 15) is 24.6 Å². The third-order valence-corrected chi connectivity index (χ3v) is 4.57. The molecule has 0 saturated heterocycles. The number of carboxylic acid groups (broad SMARTS) is 1. The van der Waals surface area contributed by atoms with Gasteiger partial charge in [0.2, 0.25) is 11.2 Å². The summed E-state index contributed by atoms with van der Waals surface area (Å²) < 4.78 is 16.3. The number of benzene rings is 2. The lowest BCUT2D eigenvalue weighted by Gasteiger charge is -2.21. The van der Waals surface area contributed by atoms with Gasteiger partial charge in [-0.05, 0) is 45.0 Å². The van der Waals surface area contributed by atoms with E-state index in [0.29, 0.717) is 5.75 Å². The predicted octanol–water partition coefficient (Wildman–Crippen LogP) is 3.57. The maximum Gasteiger partial charge on any atom is 0.321 e. The number of nitrogens with one attached hydrogen (secondary N) is 1. The minimum Gasteiger partial charge on any atom is -0.507 e. The normalized spacial score (nSPS) is 12.3. The molecular weight excluding hydrogens is 430 g/mol. The van der Waals surface area contributed by atoms with Gasteiger partial charge in [-0.3, -0.25) is 19.7 Å². The van der Waals surface area contributed by atoms with Crippen LogP contribution >= 0.6 is 0 Å². The molecule has 33 heavy (non-hydrogen) atoms. The highest BCUT2D eigenvalue weighted by atomic mass is 16.6. The van der Waals surface area contributed by atoms with Crippen LogP contribution < -0.4 is 15.5 Å². The Bertz CT molecular complexity index is 1210. The summed E-state index contributed by atoms with van der Waals surface area (Å²) in [6.07, 6.45) is 0.715. The molecule has 0 amide bonds. The largest absolute Gasteiger partial charge is 0.507 e. The van der Waals surface area contributed by atoms with E-state index in [4.69, 9.17) is 13.9 Å². The highest BCUT2D eigenvalue weighted by Gasteiger charge is 2.26. The third kappa shape index (κ3) is 6.11. The first kappa shape index (κ1) is 23.8. The number of carbonyl (C=O) groups excluding carboxylic acids is 1. The number of hydrogen-bond donors (Lipinski definition) is 3. The number of rotatable bonds is 8. The highest BCUT2D eigenvalue weighted by Crippen LogP contribution is 2.28. The van der Waals surface area contributed by atoms with Crippen LogP contribution in [0, 0.1) is 0 Å². The number of aliphatic carboxylic acids is 1. The van der Waals surface area contributed by atoms with Crippen molar-refractivity contribution < 1.29 is 33.7 Å². The summed E-state index contributed by atoms with van der Waals surface area (Å²) >= 11 is 0. The van der Waals surface area contributed by atoms with Gasteiger partial charge in [-0.2, -0.15) is 0 Å². The van der Waals surface area contributed by atoms with E-state index in [2.05, 4.69) is 5.32 Å². The van der Waals surface area contributed by atoms with Crippen molar-refractivity contribution in [3.63, 3.8) is 0 Å². The number of phenols is 1. The van der Waals surface area contributed by atoms with Gasteiger partial charge >= 0.3 is 11.9 Å². The molecule has 3 aromatic rings. The highest BCUT2D eigenvalue weighted by molar-refractivity contribution is 5.84. The van der Waals surface area contributed by atoms with Crippen LogP contribution in [-0.2, 0) is 20.9 Å². The van der Waals surface area contributed by atoms with Crippen LogP contribution in [-0.4, -0.2) is 33.8 Å². The Balaban J connectivity index is 1.84. The van der Waals surface area contributed by atoms with E-state index >= 15 is 0 Å². The molecule has 0 aliphatic rings. The predicted molar refractivity (Wildman–Crippen MR) is 119 cm³/mol. The molecule has 9 heteroatoms. The van der Waals surface area contributed by atoms with E-state index in [-0.39, 0.29) is 34.6 Å². The molecule has 0 fully saturated rings. The number of hydrogen-bond acceptors (Lipinski definition) is 8. The quantitative estimate of drug-likeness (QED) is 0.436. The number of carboxylic acids is 1. The standard InChI is InChI=1S/C24H25NO8/c1-24(2,3)33-20(27)11-17(23(29)30)25-12-16-18(26)10-9-15-21(28)19(13-31-22(15)16)32-14-7-5-4-6-8-14/h4-10,13,17,25-26H,11-12H2,1-3H3,(H,29,30). The molecule has 2 aromatic carbocycles. The fraction of sp³-hybridized carbons (Fsp3) is 0.292. The van der Waals surface area contributed by atoms with Crippen molar-refractivity contribution in [2.24, 2.45) is 0 Å². The zero-order chi connectivity index (χ0) is 24.2. The Kier molecular flexibility index (Phi) is 7.03. The maximum atomic E-state index is 12.9. The second-order valence-corrected chi connectivity index (χ2v) is 8.35. The summed E-state index contributed by atoms with van der Waals surface area (Å²) in [6, 6.07) is 10.1. The molecule has 0 radical (unpaired) electrons. The van der Waals surface area contributed by atoms with E-state index in [1.807, 2.05) is 6.07 Å². The van der Waals surface area contributed by atoms with Crippen molar-refractivity contribution in [2.45, 2.75) is 45.4 Å². The first-order valence-corrected chi connectivity index (χ1v) is 10.2. The van der Waals surface area contributed by atoms with Crippen LogP contribution in [0.25, 0.3) is 11.0 Å². The fourth-order valence-electron chi connectivity index (χ4n) is 3.11. The lowest BCUT2D eigenvalue weighted by molar-refractivity contribution is -0.158. The van der Waals surface area contributed by atoms with Crippen molar-refractivity contribution in [3.05, 3.63) is 64.5 Å². The Morgan fingerprint density at radius 2 is 1.82 bits per heavy atom. The number of fused-ring (bicyclic) bond motifs is 1. The van der Waals surface area contributed by atoms with Crippen LogP contribution in [0.1, 0.15) is 32.8 Å².